The van der Waals surface area contributed by atoms with E-state index < -0.39 is 0 Å². The first kappa shape index (κ1) is 15.2. The normalized spacial score (nSPS) is 11.8. The molecule has 0 radical (unpaired) electrons. The molecule has 0 aromatic heterocycles. The van der Waals surface area contributed by atoms with Crippen molar-refractivity contribution in [2.45, 2.75) is 19.9 Å². The van der Waals surface area contributed by atoms with Crippen molar-refractivity contribution in [3.05, 3.63) is 48.0 Å². The molecule has 4 nitrogen and oxygen atoms in total. The molecule has 2 aromatic rings. The SMILES string of the molecule is CCOc1cccc(Oc2cccc(OC)c2C(C)N)c1. The van der Waals surface area contributed by atoms with Crippen LogP contribution in [-0.2, 0) is 0 Å². The average molecular weight is 287 g/mol. The third kappa shape index (κ3) is 3.67. The summed E-state index contributed by atoms with van der Waals surface area (Å²) in [7, 11) is 1.63. The van der Waals surface area contributed by atoms with E-state index in [0.717, 1.165) is 17.1 Å². The van der Waals surface area contributed by atoms with Gasteiger partial charge in [0, 0.05) is 12.1 Å². The molecular weight excluding hydrogens is 266 g/mol. The molecule has 1 atom stereocenters. The van der Waals surface area contributed by atoms with Crippen LogP contribution in [0.25, 0.3) is 0 Å². The van der Waals surface area contributed by atoms with Gasteiger partial charge in [-0.25, -0.2) is 0 Å². The van der Waals surface area contributed by atoms with Crippen molar-refractivity contribution in [1.29, 1.82) is 0 Å². The second-order valence-electron chi connectivity index (χ2n) is 4.67. The highest BCUT2D eigenvalue weighted by Gasteiger charge is 2.15. The molecule has 0 amide bonds. The smallest absolute Gasteiger partial charge is 0.135 e. The molecule has 0 spiro atoms. The molecule has 21 heavy (non-hydrogen) atoms. The molecule has 0 aliphatic heterocycles. The van der Waals surface area contributed by atoms with Gasteiger partial charge in [-0.3, -0.25) is 0 Å². The van der Waals surface area contributed by atoms with Gasteiger partial charge in [-0.2, -0.15) is 0 Å². The Kier molecular flexibility index (Phi) is 5.06. The zero-order chi connectivity index (χ0) is 15.2. The standard InChI is InChI=1S/C17H21NO3/c1-4-20-13-7-5-8-14(11-13)21-16-10-6-9-15(19-3)17(16)12(2)18/h5-12H,4,18H2,1-3H3. The summed E-state index contributed by atoms with van der Waals surface area (Å²) in [4.78, 5) is 0. The lowest BCUT2D eigenvalue weighted by Gasteiger charge is -2.17. The van der Waals surface area contributed by atoms with Gasteiger partial charge in [0.25, 0.3) is 0 Å². The molecular formula is C17H21NO3. The van der Waals surface area contributed by atoms with Crippen LogP contribution in [-0.4, -0.2) is 13.7 Å². The van der Waals surface area contributed by atoms with Gasteiger partial charge in [0.05, 0.1) is 19.3 Å². The molecule has 0 aliphatic rings. The van der Waals surface area contributed by atoms with E-state index in [-0.39, 0.29) is 6.04 Å². The molecule has 4 heteroatoms. The molecule has 0 bridgehead atoms. The van der Waals surface area contributed by atoms with E-state index in [4.69, 9.17) is 19.9 Å². The Bertz CT molecular complexity index is 596. The third-order valence-electron chi connectivity index (χ3n) is 3.05. The van der Waals surface area contributed by atoms with E-state index in [1.54, 1.807) is 7.11 Å². The number of hydrogen-bond donors (Lipinski definition) is 1. The highest BCUT2D eigenvalue weighted by Crippen LogP contribution is 2.36. The quantitative estimate of drug-likeness (QED) is 0.875. The van der Waals surface area contributed by atoms with Crippen molar-refractivity contribution in [3.8, 4) is 23.0 Å². The van der Waals surface area contributed by atoms with Crippen molar-refractivity contribution in [2.75, 3.05) is 13.7 Å². The number of benzene rings is 2. The van der Waals surface area contributed by atoms with Crippen LogP contribution in [0.3, 0.4) is 0 Å². The summed E-state index contributed by atoms with van der Waals surface area (Å²) >= 11 is 0. The molecule has 2 rings (SSSR count). The summed E-state index contributed by atoms with van der Waals surface area (Å²) in [6.45, 7) is 4.47. The fourth-order valence-electron chi connectivity index (χ4n) is 2.16. The van der Waals surface area contributed by atoms with Crippen LogP contribution in [0.15, 0.2) is 42.5 Å². The molecule has 1 unspecified atom stereocenters. The van der Waals surface area contributed by atoms with Crippen LogP contribution >= 0.6 is 0 Å². The van der Waals surface area contributed by atoms with E-state index in [2.05, 4.69) is 0 Å². The predicted octanol–water partition coefficient (Wildman–Crippen LogP) is 3.91. The van der Waals surface area contributed by atoms with Gasteiger partial charge >= 0.3 is 0 Å². The minimum absolute atomic E-state index is 0.189. The van der Waals surface area contributed by atoms with Crippen LogP contribution in [0.2, 0.25) is 0 Å². The number of nitrogens with two attached hydrogens (primary N) is 1. The minimum atomic E-state index is -0.189. The molecule has 2 N–H and O–H groups in total. The molecule has 0 aliphatic carbocycles. The molecule has 0 fully saturated rings. The van der Waals surface area contributed by atoms with Gasteiger partial charge in [-0.15, -0.1) is 0 Å². The second kappa shape index (κ2) is 6.99. The van der Waals surface area contributed by atoms with Gasteiger partial charge in [0.2, 0.25) is 0 Å². The predicted molar refractivity (Wildman–Crippen MR) is 83.3 cm³/mol. The van der Waals surface area contributed by atoms with Gasteiger partial charge in [-0.05, 0) is 38.1 Å². The maximum atomic E-state index is 6.04. The number of hydrogen-bond acceptors (Lipinski definition) is 4. The number of methoxy groups -OCH3 is 1. The number of ether oxygens (including phenoxy) is 3. The summed E-state index contributed by atoms with van der Waals surface area (Å²) in [5, 5.41) is 0. The lowest BCUT2D eigenvalue weighted by Crippen LogP contribution is -2.08. The van der Waals surface area contributed by atoms with E-state index in [0.29, 0.717) is 18.1 Å². The Hall–Kier alpha value is -2.20. The first-order valence-corrected chi connectivity index (χ1v) is 6.99. The highest BCUT2D eigenvalue weighted by molar-refractivity contribution is 5.49. The van der Waals surface area contributed by atoms with Crippen LogP contribution in [0.4, 0.5) is 0 Å². The third-order valence-corrected chi connectivity index (χ3v) is 3.05. The summed E-state index contributed by atoms with van der Waals surface area (Å²) < 4.78 is 16.8. The summed E-state index contributed by atoms with van der Waals surface area (Å²) in [5.41, 5.74) is 6.89. The first-order valence-electron chi connectivity index (χ1n) is 6.99. The zero-order valence-electron chi connectivity index (χ0n) is 12.6. The van der Waals surface area contributed by atoms with Crippen molar-refractivity contribution in [2.24, 2.45) is 5.73 Å². The van der Waals surface area contributed by atoms with Gasteiger partial charge in [0.1, 0.15) is 23.0 Å². The van der Waals surface area contributed by atoms with E-state index >= 15 is 0 Å². The first-order chi connectivity index (χ1) is 10.2. The zero-order valence-corrected chi connectivity index (χ0v) is 12.6. The fourth-order valence-corrected chi connectivity index (χ4v) is 2.16. The van der Waals surface area contributed by atoms with Crippen LogP contribution < -0.4 is 19.9 Å². The molecule has 0 saturated heterocycles. The average Bonchev–Trinajstić information content (AvgIpc) is 2.47. The fraction of sp³-hybridized carbons (Fsp3) is 0.294. The summed E-state index contributed by atoms with van der Waals surface area (Å²) in [5.74, 6) is 2.90. The Morgan fingerprint density at radius 1 is 1.05 bits per heavy atom. The molecule has 2 aromatic carbocycles. The second-order valence-corrected chi connectivity index (χ2v) is 4.67. The lowest BCUT2D eigenvalue weighted by molar-refractivity contribution is 0.338. The maximum absolute atomic E-state index is 6.04. The van der Waals surface area contributed by atoms with Crippen LogP contribution in [0.5, 0.6) is 23.0 Å². The molecule has 0 saturated carbocycles. The Morgan fingerprint density at radius 3 is 2.38 bits per heavy atom. The summed E-state index contributed by atoms with van der Waals surface area (Å²) in [6, 6.07) is 13.0. The monoisotopic (exact) mass is 287 g/mol. The van der Waals surface area contributed by atoms with E-state index in [1.807, 2.05) is 56.3 Å². The van der Waals surface area contributed by atoms with Gasteiger partial charge in [-0.1, -0.05) is 12.1 Å². The lowest BCUT2D eigenvalue weighted by atomic mass is 10.1. The molecule has 112 valence electrons. The Balaban J connectivity index is 2.33. The van der Waals surface area contributed by atoms with Crippen LogP contribution in [0, 0.1) is 0 Å². The van der Waals surface area contributed by atoms with Crippen LogP contribution in [0.1, 0.15) is 25.5 Å². The molecule has 0 heterocycles. The Morgan fingerprint density at radius 2 is 1.71 bits per heavy atom. The Labute approximate surface area is 125 Å². The largest absolute Gasteiger partial charge is 0.496 e. The van der Waals surface area contributed by atoms with Gasteiger partial charge in [0.15, 0.2) is 0 Å². The summed E-state index contributed by atoms with van der Waals surface area (Å²) in [6.07, 6.45) is 0. The van der Waals surface area contributed by atoms with E-state index in [9.17, 15) is 0 Å². The number of rotatable bonds is 6. The topological polar surface area (TPSA) is 53.7 Å². The minimum Gasteiger partial charge on any atom is -0.496 e. The van der Waals surface area contributed by atoms with Crippen molar-refractivity contribution < 1.29 is 14.2 Å². The van der Waals surface area contributed by atoms with Crippen molar-refractivity contribution in [1.82, 2.24) is 0 Å². The highest BCUT2D eigenvalue weighted by atomic mass is 16.5. The van der Waals surface area contributed by atoms with Crippen molar-refractivity contribution in [3.63, 3.8) is 0 Å². The van der Waals surface area contributed by atoms with E-state index in [1.165, 1.54) is 0 Å². The maximum Gasteiger partial charge on any atom is 0.135 e. The van der Waals surface area contributed by atoms with Crippen molar-refractivity contribution >= 4 is 0 Å². The van der Waals surface area contributed by atoms with Gasteiger partial charge < -0.3 is 19.9 Å².